The second-order valence-corrected chi connectivity index (χ2v) is 6.70. The summed E-state index contributed by atoms with van der Waals surface area (Å²) >= 11 is 0. The summed E-state index contributed by atoms with van der Waals surface area (Å²) in [7, 11) is 0. The molecule has 1 heterocycles. The van der Waals surface area contributed by atoms with Crippen molar-refractivity contribution >= 4 is 6.21 Å². The Morgan fingerprint density at radius 3 is 2.61 bits per heavy atom. The Morgan fingerprint density at radius 1 is 1.22 bits per heavy atom. The highest BCUT2D eigenvalue weighted by molar-refractivity contribution is 5.53. The van der Waals surface area contributed by atoms with E-state index in [-0.39, 0.29) is 5.82 Å². The molecule has 0 radical (unpaired) electrons. The van der Waals surface area contributed by atoms with Gasteiger partial charge in [-0.2, -0.15) is 5.26 Å². The van der Waals surface area contributed by atoms with Crippen molar-refractivity contribution in [2.45, 2.75) is 31.8 Å². The molecule has 1 aliphatic heterocycles. The van der Waals surface area contributed by atoms with Crippen LogP contribution >= 0.6 is 0 Å². The molecule has 2 fully saturated rings. The smallest absolute Gasteiger partial charge is 0.124 e. The van der Waals surface area contributed by atoms with Crippen LogP contribution < -0.4 is 0 Å². The first kappa shape index (κ1) is 16.1. The van der Waals surface area contributed by atoms with Gasteiger partial charge in [-0.1, -0.05) is 0 Å². The van der Waals surface area contributed by atoms with E-state index in [1.165, 1.54) is 31.2 Å². The third-order valence-electron chi connectivity index (χ3n) is 5.08. The van der Waals surface area contributed by atoms with E-state index in [0.29, 0.717) is 24.1 Å². The van der Waals surface area contributed by atoms with Crippen LogP contribution in [-0.4, -0.2) is 48.2 Å². The fourth-order valence-corrected chi connectivity index (χ4v) is 3.71. The number of nitriles is 1. The number of benzene rings is 1. The predicted octanol–water partition coefficient (Wildman–Crippen LogP) is 2.63. The van der Waals surface area contributed by atoms with Crippen molar-refractivity contribution in [1.82, 2.24) is 9.80 Å². The minimum absolute atomic E-state index is 0.329. The van der Waals surface area contributed by atoms with Gasteiger partial charge in [-0.3, -0.25) is 9.80 Å². The Kier molecular flexibility index (Phi) is 5.04. The Labute approximate surface area is 137 Å². The second-order valence-electron chi connectivity index (χ2n) is 6.70. The zero-order chi connectivity index (χ0) is 16.2. The molecule has 0 aromatic heterocycles. The number of hydrogen-bond donors (Lipinski definition) is 1. The lowest BCUT2D eigenvalue weighted by molar-refractivity contribution is 0.0331. The van der Waals surface area contributed by atoms with Crippen molar-refractivity contribution in [2.24, 2.45) is 5.92 Å². The molecule has 1 saturated heterocycles. The van der Waals surface area contributed by atoms with Crippen LogP contribution in [0, 0.1) is 28.5 Å². The topological polar surface area (TPSA) is 54.1 Å². The first-order valence-corrected chi connectivity index (χ1v) is 8.33. The summed E-state index contributed by atoms with van der Waals surface area (Å²) in [5.74, 6) is 0.386. The van der Waals surface area contributed by atoms with E-state index in [2.05, 4.69) is 9.80 Å². The maximum Gasteiger partial charge on any atom is 0.124 e. The lowest BCUT2D eigenvalue weighted by atomic mass is 9.77. The molecule has 0 spiro atoms. The summed E-state index contributed by atoms with van der Waals surface area (Å²) in [6.07, 6.45) is 4.92. The monoisotopic (exact) mass is 314 g/mol. The molecule has 2 aliphatic rings. The molecule has 1 aliphatic carbocycles. The van der Waals surface area contributed by atoms with Crippen molar-refractivity contribution in [2.75, 3.05) is 26.2 Å². The van der Waals surface area contributed by atoms with Gasteiger partial charge in [0.2, 0.25) is 0 Å². The fraction of sp³-hybridized carbons (Fsp3) is 0.556. The third kappa shape index (κ3) is 3.95. The molecule has 1 aromatic rings. The first-order chi connectivity index (χ1) is 11.2. The normalized spacial score (nSPS) is 25.6. The van der Waals surface area contributed by atoms with Crippen molar-refractivity contribution < 1.29 is 4.39 Å². The van der Waals surface area contributed by atoms with Crippen molar-refractivity contribution in [3.05, 3.63) is 35.1 Å². The molecular formula is C18H23FN4. The summed E-state index contributed by atoms with van der Waals surface area (Å²) in [6.45, 7) is 4.81. The Morgan fingerprint density at radius 2 is 1.96 bits per heavy atom. The van der Waals surface area contributed by atoms with Gasteiger partial charge in [0.05, 0.1) is 11.6 Å². The first-order valence-electron chi connectivity index (χ1n) is 8.33. The van der Waals surface area contributed by atoms with Crippen LogP contribution in [0.25, 0.3) is 0 Å². The molecule has 0 unspecified atom stereocenters. The van der Waals surface area contributed by atoms with Crippen LogP contribution in [0.3, 0.4) is 0 Å². The van der Waals surface area contributed by atoms with E-state index in [1.807, 2.05) is 6.07 Å². The molecule has 1 N–H and O–H groups in total. The van der Waals surface area contributed by atoms with E-state index < -0.39 is 0 Å². The van der Waals surface area contributed by atoms with Crippen molar-refractivity contribution in [3.8, 4) is 6.07 Å². The van der Waals surface area contributed by atoms with Gasteiger partial charge < -0.3 is 5.41 Å². The Balaban J connectivity index is 1.47. The predicted molar refractivity (Wildman–Crippen MR) is 87.9 cm³/mol. The minimum Gasteiger partial charge on any atom is -0.313 e. The van der Waals surface area contributed by atoms with Gasteiger partial charge >= 0.3 is 0 Å². The van der Waals surface area contributed by atoms with Crippen LogP contribution in [0.1, 0.15) is 30.4 Å². The van der Waals surface area contributed by atoms with Crippen LogP contribution in [0.4, 0.5) is 4.39 Å². The van der Waals surface area contributed by atoms with Gasteiger partial charge in [0.25, 0.3) is 0 Å². The second kappa shape index (κ2) is 7.20. The van der Waals surface area contributed by atoms with Gasteiger partial charge in [0, 0.05) is 38.8 Å². The van der Waals surface area contributed by atoms with E-state index in [0.717, 1.165) is 38.2 Å². The van der Waals surface area contributed by atoms with E-state index in [1.54, 1.807) is 6.07 Å². The lowest BCUT2D eigenvalue weighted by Gasteiger charge is -2.46. The Hall–Kier alpha value is -1.77. The fourth-order valence-electron chi connectivity index (χ4n) is 3.71. The number of nitrogens with zero attached hydrogens (tertiary/aromatic N) is 3. The van der Waals surface area contributed by atoms with Gasteiger partial charge in [-0.05, 0) is 55.2 Å². The maximum absolute atomic E-state index is 13.5. The van der Waals surface area contributed by atoms with E-state index in [9.17, 15) is 4.39 Å². The summed E-state index contributed by atoms with van der Waals surface area (Å²) in [4.78, 5) is 4.89. The maximum atomic E-state index is 13.5. The molecule has 1 saturated carbocycles. The molecule has 5 heteroatoms. The largest absolute Gasteiger partial charge is 0.313 e. The molecule has 0 bridgehead atoms. The molecule has 1 aromatic carbocycles. The summed E-state index contributed by atoms with van der Waals surface area (Å²) in [5.41, 5.74) is 1.27. The number of halogens is 1. The quantitative estimate of drug-likeness (QED) is 0.850. The molecular weight excluding hydrogens is 291 g/mol. The van der Waals surface area contributed by atoms with Crippen LogP contribution in [-0.2, 0) is 6.54 Å². The average Bonchev–Trinajstić information content (AvgIpc) is 2.51. The van der Waals surface area contributed by atoms with E-state index >= 15 is 0 Å². The SMILES string of the molecule is N#Cc1cc(F)cc(CN2CCN(C3CC(CC=N)C3)CC2)c1. The molecule has 0 amide bonds. The third-order valence-corrected chi connectivity index (χ3v) is 5.08. The van der Waals surface area contributed by atoms with Gasteiger partial charge in [0.1, 0.15) is 5.82 Å². The zero-order valence-corrected chi connectivity index (χ0v) is 13.3. The van der Waals surface area contributed by atoms with Crippen molar-refractivity contribution in [1.29, 1.82) is 10.7 Å². The number of hydrogen-bond acceptors (Lipinski definition) is 4. The highest BCUT2D eigenvalue weighted by atomic mass is 19.1. The number of nitrogens with one attached hydrogen (secondary N) is 1. The Bertz CT molecular complexity index is 596. The summed E-state index contributed by atoms with van der Waals surface area (Å²) in [5, 5.41) is 16.1. The van der Waals surface area contributed by atoms with E-state index in [4.69, 9.17) is 10.7 Å². The van der Waals surface area contributed by atoms with Crippen LogP contribution in [0.2, 0.25) is 0 Å². The van der Waals surface area contributed by atoms with Gasteiger partial charge in [-0.25, -0.2) is 4.39 Å². The molecule has 3 rings (SSSR count). The van der Waals surface area contributed by atoms with Gasteiger partial charge in [-0.15, -0.1) is 0 Å². The molecule has 122 valence electrons. The number of rotatable bonds is 5. The molecule has 4 nitrogen and oxygen atoms in total. The zero-order valence-electron chi connectivity index (χ0n) is 13.3. The number of piperazine rings is 1. The van der Waals surface area contributed by atoms with Crippen LogP contribution in [0.15, 0.2) is 18.2 Å². The summed E-state index contributed by atoms with van der Waals surface area (Å²) in [6, 6.07) is 7.30. The highest BCUT2D eigenvalue weighted by Gasteiger charge is 2.34. The highest BCUT2D eigenvalue weighted by Crippen LogP contribution is 2.34. The standard InChI is InChI=1S/C18H23FN4/c19-17-8-15(12-21)7-16(9-17)13-22-3-5-23(6-4-22)18-10-14(11-18)1-2-20/h2,7-9,14,18,20H,1,3-6,10-11,13H2. The summed E-state index contributed by atoms with van der Waals surface area (Å²) < 4.78 is 13.5. The molecule has 0 atom stereocenters. The minimum atomic E-state index is -0.329. The average molecular weight is 314 g/mol. The van der Waals surface area contributed by atoms with Crippen molar-refractivity contribution in [3.63, 3.8) is 0 Å². The molecule has 23 heavy (non-hydrogen) atoms. The van der Waals surface area contributed by atoms with Crippen LogP contribution in [0.5, 0.6) is 0 Å². The van der Waals surface area contributed by atoms with Gasteiger partial charge in [0.15, 0.2) is 0 Å². The lowest BCUT2D eigenvalue weighted by Crippen LogP contribution is -2.53.